The molecule has 2 aromatic rings. The topological polar surface area (TPSA) is 29.9 Å². The van der Waals surface area contributed by atoms with Crippen molar-refractivity contribution in [1.82, 2.24) is 9.55 Å². The van der Waals surface area contributed by atoms with Crippen LogP contribution in [0.3, 0.4) is 0 Å². The Bertz CT molecular complexity index is 517. The molecule has 0 aliphatic heterocycles. The first-order valence-electron chi connectivity index (χ1n) is 5.83. The summed E-state index contributed by atoms with van der Waals surface area (Å²) in [5.41, 5.74) is 0.946. The number of imidazole rings is 1. The summed E-state index contributed by atoms with van der Waals surface area (Å²) in [7, 11) is 0. The van der Waals surface area contributed by atoms with Crippen LogP contribution < -0.4 is 5.32 Å². The number of nitrogens with zero attached hydrogens (tertiary/aromatic N) is 2. The molecule has 88 valence electrons. The molecule has 0 spiro atoms. The molecule has 4 heteroatoms. The van der Waals surface area contributed by atoms with Crippen LogP contribution in [0.1, 0.15) is 18.4 Å². The predicted molar refractivity (Wildman–Crippen MR) is 64.4 cm³/mol. The van der Waals surface area contributed by atoms with Gasteiger partial charge in [0.05, 0.1) is 6.54 Å². The molecule has 0 radical (unpaired) electrons. The van der Waals surface area contributed by atoms with Crippen molar-refractivity contribution in [1.29, 1.82) is 0 Å². The van der Waals surface area contributed by atoms with E-state index in [9.17, 15) is 4.39 Å². The maximum Gasteiger partial charge on any atom is 0.203 e. The zero-order chi connectivity index (χ0) is 11.7. The van der Waals surface area contributed by atoms with Crippen LogP contribution in [0.25, 0.3) is 0 Å². The second kappa shape index (κ2) is 4.20. The van der Waals surface area contributed by atoms with Crippen molar-refractivity contribution in [3.05, 3.63) is 48.0 Å². The number of nitrogens with one attached hydrogen (secondary N) is 1. The molecule has 1 heterocycles. The van der Waals surface area contributed by atoms with Crippen molar-refractivity contribution in [2.45, 2.75) is 25.4 Å². The van der Waals surface area contributed by atoms with E-state index in [1.807, 2.05) is 16.8 Å². The average molecular weight is 231 g/mol. The van der Waals surface area contributed by atoms with Crippen LogP contribution in [0.5, 0.6) is 0 Å². The van der Waals surface area contributed by atoms with Crippen LogP contribution >= 0.6 is 0 Å². The summed E-state index contributed by atoms with van der Waals surface area (Å²) in [6, 6.07) is 7.24. The monoisotopic (exact) mass is 231 g/mol. The van der Waals surface area contributed by atoms with Gasteiger partial charge in [0, 0.05) is 18.4 Å². The van der Waals surface area contributed by atoms with Gasteiger partial charge in [-0.3, -0.25) is 0 Å². The highest BCUT2D eigenvalue weighted by molar-refractivity contribution is 5.31. The molecule has 1 aromatic heterocycles. The van der Waals surface area contributed by atoms with Crippen molar-refractivity contribution >= 4 is 5.95 Å². The van der Waals surface area contributed by atoms with Gasteiger partial charge < -0.3 is 9.88 Å². The lowest BCUT2D eigenvalue weighted by molar-refractivity contribution is 0.623. The summed E-state index contributed by atoms with van der Waals surface area (Å²) in [6.07, 6.45) is 6.11. The number of rotatable bonds is 4. The molecule has 3 rings (SSSR count). The number of hydrogen-bond acceptors (Lipinski definition) is 2. The molecular weight excluding hydrogens is 217 g/mol. The van der Waals surface area contributed by atoms with Crippen LogP contribution in [-0.2, 0) is 6.54 Å². The third-order valence-electron chi connectivity index (χ3n) is 2.87. The minimum atomic E-state index is -0.195. The minimum absolute atomic E-state index is 0.195. The number of halogens is 1. The van der Waals surface area contributed by atoms with E-state index in [-0.39, 0.29) is 5.82 Å². The van der Waals surface area contributed by atoms with Gasteiger partial charge in [0.25, 0.3) is 0 Å². The average Bonchev–Trinajstić information content (AvgIpc) is 3.01. The van der Waals surface area contributed by atoms with Gasteiger partial charge in [-0.15, -0.1) is 0 Å². The molecule has 0 atom stereocenters. The maximum absolute atomic E-state index is 13.1. The summed E-state index contributed by atoms with van der Waals surface area (Å²) in [5.74, 6) is 0.677. The lowest BCUT2D eigenvalue weighted by Gasteiger charge is -2.09. The van der Waals surface area contributed by atoms with E-state index in [2.05, 4.69) is 10.3 Å². The van der Waals surface area contributed by atoms with Gasteiger partial charge in [-0.05, 0) is 30.5 Å². The molecule has 1 aliphatic carbocycles. The minimum Gasteiger partial charge on any atom is -0.353 e. The molecule has 1 aliphatic rings. The molecule has 0 unspecified atom stereocenters. The highest BCUT2D eigenvalue weighted by Gasteiger charge is 2.22. The maximum atomic E-state index is 13.1. The zero-order valence-electron chi connectivity index (χ0n) is 9.44. The first-order chi connectivity index (χ1) is 8.31. The molecule has 0 saturated heterocycles. The first kappa shape index (κ1) is 10.3. The fraction of sp³-hybridized carbons (Fsp3) is 0.308. The smallest absolute Gasteiger partial charge is 0.203 e. The van der Waals surface area contributed by atoms with Crippen molar-refractivity contribution in [3.8, 4) is 0 Å². The van der Waals surface area contributed by atoms with Crippen molar-refractivity contribution in [3.63, 3.8) is 0 Å². The Morgan fingerprint density at radius 1 is 1.41 bits per heavy atom. The second-order valence-corrected chi connectivity index (χ2v) is 4.43. The van der Waals surface area contributed by atoms with E-state index in [4.69, 9.17) is 0 Å². The number of benzene rings is 1. The van der Waals surface area contributed by atoms with Gasteiger partial charge in [-0.2, -0.15) is 0 Å². The highest BCUT2D eigenvalue weighted by Crippen LogP contribution is 2.24. The van der Waals surface area contributed by atoms with Crippen LogP contribution in [0.15, 0.2) is 36.7 Å². The fourth-order valence-electron chi connectivity index (χ4n) is 1.82. The Kier molecular flexibility index (Phi) is 2.55. The predicted octanol–water partition coefficient (Wildman–Crippen LogP) is 2.64. The standard InChI is InChI=1S/C13H14FN3/c14-11-3-1-2-10(8-11)9-17-7-6-15-13(17)16-12-4-5-12/h1-3,6-8,12H,4-5,9H2,(H,15,16). The van der Waals surface area contributed by atoms with Gasteiger partial charge in [-0.1, -0.05) is 12.1 Å². The lowest BCUT2D eigenvalue weighted by atomic mass is 10.2. The SMILES string of the molecule is Fc1cccc(Cn2ccnc2NC2CC2)c1. The number of hydrogen-bond donors (Lipinski definition) is 1. The first-order valence-corrected chi connectivity index (χ1v) is 5.83. The molecule has 3 nitrogen and oxygen atoms in total. The van der Waals surface area contributed by atoms with E-state index in [1.54, 1.807) is 18.3 Å². The second-order valence-electron chi connectivity index (χ2n) is 4.43. The van der Waals surface area contributed by atoms with Crippen LogP contribution in [0, 0.1) is 5.82 Å². The largest absolute Gasteiger partial charge is 0.353 e. The van der Waals surface area contributed by atoms with Gasteiger partial charge in [0.15, 0.2) is 0 Å². The molecule has 1 N–H and O–H groups in total. The Morgan fingerprint density at radius 2 is 2.29 bits per heavy atom. The molecule has 17 heavy (non-hydrogen) atoms. The van der Waals surface area contributed by atoms with Crippen molar-refractivity contribution in [2.75, 3.05) is 5.32 Å². The van der Waals surface area contributed by atoms with Crippen molar-refractivity contribution in [2.24, 2.45) is 0 Å². The third-order valence-corrected chi connectivity index (χ3v) is 2.87. The summed E-state index contributed by atoms with van der Waals surface area (Å²) in [5, 5.41) is 3.36. The molecule has 0 amide bonds. The van der Waals surface area contributed by atoms with Gasteiger partial charge in [0.1, 0.15) is 5.82 Å². The van der Waals surface area contributed by atoms with E-state index in [0.29, 0.717) is 12.6 Å². The molecule has 0 bridgehead atoms. The number of anilines is 1. The molecule has 1 saturated carbocycles. The van der Waals surface area contributed by atoms with Gasteiger partial charge in [-0.25, -0.2) is 9.37 Å². The molecule has 1 aromatic carbocycles. The van der Waals surface area contributed by atoms with E-state index < -0.39 is 0 Å². The quantitative estimate of drug-likeness (QED) is 0.876. The Labute approximate surface area is 99.3 Å². The normalized spacial score (nSPS) is 14.9. The van der Waals surface area contributed by atoms with E-state index >= 15 is 0 Å². The zero-order valence-corrected chi connectivity index (χ0v) is 9.44. The lowest BCUT2D eigenvalue weighted by Crippen LogP contribution is -2.09. The van der Waals surface area contributed by atoms with E-state index in [0.717, 1.165) is 11.5 Å². The summed E-state index contributed by atoms with van der Waals surface area (Å²) >= 11 is 0. The van der Waals surface area contributed by atoms with Gasteiger partial charge >= 0.3 is 0 Å². The van der Waals surface area contributed by atoms with E-state index in [1.165, 1.54) is 18.9 Å². The van der Waals surface area contributed by atoms with Crippen LogP contribution in [-0.4, -0.2) is 15.6 Å². The Morgan fingerprint density at radius 3 is 3.06 bits per heavy atom. The van der Waals surface area contributed by atoms with Crippen LogP contribution in [0.2, 0.25) is 0 Å². The molecule has 1 fully saturated rings. The highest BCUT2D eigenvalue weighted by atomic mass is 19.1. The van der Waals surface area contributed by atoms with Gasteiger partial charge in [0.2, 0.25) is 5.95 Å². The van der Waals surface area contributed by atoms with Crippen LogP contribution in [0.4, 0.5) is 10.3 Å². The Hall–Kier alpha value is -1.84. The van der Waals surface area contributed by atoms with Crippen molar-refractivity contribution < 1.29 is 4.39 Å². The fourth-order valence-corrected chi connectivity index (χ4v) is 1.82. The summed E-state index contributed by atoms with van der Waals surface area (Å²) in [4.78, 5) is 4.27. The Balaban J connectivity index is 1.77. The summed E-state index contributed by atoms with van der Waals surface area (Å²) in [6.45, 7) is 0.646. The number of aromatic nitrogens is 2. The molecular formula is C13H14FN3. The third kappa shape index (κ3) is 2.46. The summed E-state index contributed by atoms with van der Waals surface area (Å²) < 4.78 is 15.1.